The van der Waals surface area contributed by atoms with Crippen molar-refractivity contribution >= 4 is 34.3 Å². The van der Waals surface area contributed by atoms with Crippen LogP contribution in [0.2, 0.25) is 0 Å². The average Bonchev–Trinajstić information content (AvgIpc) is 3.34. The Morgan fingerprint density at radius 3 is 2.85 bits per heavy atom. The van der Waals surface area contributed by atoms with Crippen molar-refractivity contribution in [1.29, 1.82) is 0 Å². The van der Waals surface area contributed by atoms with E-state index in [1.165, 1.54) is 24.1 Å². The maximum atomic E-state index is 13.9. The van der Waals surface area contributed by atoms with E-state index in [4.69, 9.17) is 4.74 Å². The molecule has 1 aromatic heterocycles. The fourth-order valence-electron chi connectivity index (χ4n) is 3.80. The van der Waals surface area contributed by atoms with E-state index in [9.17, 15) is 18.4 Å². The molecule has 2 aliphatic heterocycles. The van der Waals surface area contributed by atoms with Crippen molar-refractivity contribution in [3.63, 3.8) is 0 Å². The molecular formula is C17H16F2N4O3S. The number of hydrogen-bond acceptors (Lipinski definition) is 5. The lowest BCUT2D eigenvalue weighted by Crippen LogP contribution is -2.41. The molecule has 10 heteroatoms. The summed E-state index contributed by atoms with van der Waals surface area (Å²) in [4.78, 5) is 31.4. The summed E-state index contributed by atoms with van der Waals surface area (Å²) in [5.74, 6) is -0.408. The number of rotatable bonds is 1. The van der Waals surface area contributed by atoms with Gasteiger partial charge in [-0.1, -0.05) is 11.3 Å². The maximum Gasteiger partial charge on any atom is 0.409 e. The number of halogens is 2. The van der Waals surface area contributed by atoms with Gasteiger partial charge < -0.3 is 9.64 Å². The molecule has 1 saturated heterocycles. The standard InChI is InChI=1S/C17H16F2N4O3S/c1-26-16(25)22-5-4-17(8-22)9-23(12-3-2-10(18)6-11(12)17)15(24)21-14-20-7-13(19)27-14/h2-3,6-7H,4-5,8-9H2,1H3,(H,20,21,24). The highest BCUT2D eigenvalue weighted by atomic mass is 32.1. The second-order valence-corrected chi connectivity index (χ2v) is 7.55. The number of nitrogens with one attached hydrogen (secondary N) is 1. The number of hydrogen-bond donors (Lipinski definition) is 1. The van der Waals surface area contributed by atoms with Gasteiger partial charge in [0.15, 0.2) is 10.3 Å². The van der Waals surface area contributed by atoms with E-state index in [2.05, 4.69) is 10.3 Å². The molecule has 0 aliphatic carbocycles. The third-order valence-electron chi connectivity index (χ3n) is 5.00. The Morgan fingerprint density at radius 1 is 1.33 bits per heavy atom. The summed E-state index contributed by atoms with van der Waals surface area (Å²) in [7, 11) is 1.31. The van der Waals surface area contributed by atoms with Crippen molar-refractivity contribution in [3.8, 4) is 0 Å². The van der Waals surface area contributed by atoms with E-state index >= 15 is 0 Å². The lowest BCUT2D eigenvalue weighted by molar-refractivity contribution is 0.131. The van der Waals surface area contributed by atoms with Gasteiger partial charge in [-0.15, -0.1) is 0 Å². The quantitative estimate of drug-likeness (QED) is 0.806. The molecule has 0 bridgehead atoms. The Morgan fingerprint density at radius 2 is 2.15 bits per heavy atom. The number of anilines is 2. The molecule has 3 heterocycles. The lowest BCUT2D eigenvalue weighted by atomic mass is 9.81. The van der Waals surface area contributed by atoms with Crippen molar-refractivity contribution in [2.75, 3.05) is 37.0 Å². The number of methoxy groups -OCH3 is 1. The third-order valence-corrected chi connectivity index (χ3v) is 5.71. The van der Waals surface area contributed by atoms with Crippen LogP contribution in [0.4, 0.5) is 29.2 Å². The van der Waals surface area contributed by atoms with Gasteiger partial charge in [0.25, 0.3) is 0 Å². The number of ether oxygens (including phenoxy) is 1. The van der Waals surface area contributed by atoms with Crippen LogP contribution in [0, 0.1) is 10.9 Å². The first kappa shape index (κ1) is 17.7. The average molecular weight is 394 g/mol. The molecule has 0 saturated carbocycles. The number of nitrogens with zero attached hydrogens (tertiary/aromatic N) is 3. The summed E-state index contributed by atoms with van der Waals surface area (Å²) in [6.45, 7) is 1.06. The normalized spacial score (nSPS) is 20.9. The SMILES string of the molecule is COC(=O)N1CCC2(C1)CN(C(=O)Nc1ncc(F)s1)c1ccc(F)cc12. The molecule has 1 atom stereocenters. The van der Waals surface area contributed by atoms with Gasteiger partial charge in [-0.05, 0) is 30.2 Å². The second kappa shape index (κ2) is 6.45. The molecule has 1 aromatic carbocycles. The summed E-state index contributed by atoms with van der Waals surface area (Å²) in [5.41, 5.74) is 0.670. The van der Waals surface area contributed by atoms with E-state index in [1.54, 1.807) is 11.0 Å². The predicted molar refractivity (Wildman–Crippen MR) is 95.1 cm³/mol. The van der Waals surface area contributed by atoms with E-state index < -0.39 is 28.5 Å². The summed E-state index contributed by atoms with van der Waals surface area (Å²) >= 11 is 0.724. The first-order valence-electron chi connectivity index (χ1n) is 8.25. The minimum Gasteiger partial charge on any atom is -0.453 e. The molecule has 142 valence electrons. The molecule has 27 heavy (non-hydrogen) atoms. The first-order chi connectivity index (χ1) is 12.9. The summed E-state index contributed by atoms with van der Waals surface area (Å²) in [6, 6.07) is 3.76. The van der Waals surface area contributed by atoms with E-state index in [-0.39, 0.29) is 11.7 Å². The number of carbonyl (C=O) groups excluding carboxylic acids is 2. The summed E-state index contributed by atoms with van der Waals surface area (Å²) < 4.78 is 31.8. The van der Waals surface area contributed by atoms with Crippen LogP contribution < -0.4 is 10.2 Å². The van der Waals surface area contributed by atoms with Crippen molar-refractivity contribution in [3.05, 3.63) is 40.9 Å². The number of fused-ring (bicyclic) bond motifs is 2. The van der Waals surface area contributed by atoms with Crippen LogP contribution in [-0.4, -0.2) is 48.8 Å². The number of likely N-dealkylation sites (tertiary alicyclic amines) is 1. The zero-order valence-corrected chi connectivity index (χ0v) is 15.2. The van der Waals surface area contributed by atoms with Gasteiger partial charge in [0.05, 0.1) is 13.3 Å². The fourth-order valence-corrected chi connectivity index (χ4v) is 4.33. The van der Waals surface area contributed by atoms with Gasteiger partial charge >= 0.3 is 12.1 Å². The molecule has 2 aliphatic rings. The van der Waals surface area contributed by atoms with Crippen LogP contribution in [0.25, 0.3) is 0 Å². The zero-order chi connectivity index (χ0) is 19.2. The Labute approximate surface area is 157 Å². The third kappa shape index (κ3) is 2.99. The second-order valence-electron chi connectivity index (χ2n) is 6.57. The smallest absolute Gasteiger partial charge is 0.409 e. The largest absolute Gasteiger partial charge is 0.453 e. The Bertz CT molecular complexity index is 921. The van der Waals surface area contributed by atoms with Crippen molar-refractivity contribution in [2.24, 2.45) is 0 Å². The van der Waals surface area contributed by atoms with Gasteiger partial charge in [-0.25, -0.2) is 19.0 Å². The van der Waals surface area contributed by atoms with Gasteiger partial charge in [-0.3, -0.25) is 10.2 Å². The van der Waals surface area contributed by atoms with Crippen LogP contribution >= 0.6 is 11.3 Å². The lowest BCUT2D eigenvalue weighted by Gasteiger charge is -2.25. The van der Waals surface area contributed by atoms with Crippen LogP contribution in [0.1, 0.15) is 12.0 Å². The van der Waals surface area contributed by atoms with E-state index in [1.807, 2.05) is 0 Å². The Balaban J connectivity index is 1.64. The maximum absolute atomic E-state index is 13.9. The molecule has 1 fully saturated rings. The van der Waals surface area contributed by atoms with Crippen molar-refractivity contribution < 1.29 is 23.1 Å². The molecule has 0 radical (unpaired) electrons. The van der Waals surface area contributed by atoms with Crippen LogP contribution in [0.3, 0.4) is 0 Å². The minimum atomic E-state index is -0.572. The molecule has 4 rings (SSSR count). The molecule has 7 nitrogen and oxygen atoms in total. The monoisotopic (exact) mass is 394 g/mol. The highest BCUT2D eigenvalue weighted by Gasteiger charge is 2.50. The van der Waals surface area contributed by atoms with E-state index in [0.29, 0.717) is 30.8 Å². The molecular weight excluding hydrogens is 378 g/mol. The number of aromatic nitrogens is 1. The predicted octanol–water partition coefficient (Wildman–Crippen LogP) is 3.18. The van der Waals surface area contributed by atoms with Gasteiger partial charge in [0.1, 0.15) is 5.82 Å². The number of amides is 3. The zero-order valence-electron chi connectivity index (χ0n) is 14.4. The summed E-state index contributed by atoms with van der Waals surface area (Å²) in [5, 5.41) is 2.21. The Kier molecular flexibility index (Phi) is 4.22. The highest BCUT2D eigenvalue weighted by molar-refractivity contribution is 7.14. The molecule has 1 spiro atoms. The first-order valence-corrected chi connectivity index (χ1v) is 9.06. The molecule has 3 amide bonds. The molecule has 1 unspecified atom stereocenters. The van der Waals surface area contributed by atoms with E-state index in [0.717, 1.165) is 17.5 Å². The van der Waals surface area contributed by atoms with Gasteiger partial charge in [0, 0.05) is 30.7 Å². The number of urea groups is 1. The minimum absolute atomic E-state index is 0.143. The highest BCUT2D eigenvalue weighted by Crippen LogP contribution is 2.47. The van der Waals surface area contributed by atoms with Crippen LogP contribution in [0.5, 0.6) is 0 Å². The topological polar surface area (TPSA) is 74.8 Å². The van der Waals surface area contributed by atoms with Gasteiger partial charge in [-0.2, -0.15) is 4.39 Å². The van der Waals surface area contributed by atoms with Crippen LogP contribution in [0.15, 0.2) is 24.4 Å². The molecule has 2 aromatic rings. The number of benzene rings is 1. The van der Waals surface area contributed by atoms with Crippen molar-refractivity contribution in [1.82, 2.24) is 9.88 Å². The number of thiazole rings is 1. The summed E-state index contributed by atoms with van der Waals surface area (Å²) in [6.07, 6.45) is 1.15. The van der Waals surface area contributed by atoms with Crippen LogP contribution in [-0.2, 0) is 10.2 Å². The number of carbonyl (C=O) groups is 2. The van der Waals surface area contributed by atoms with Crippen molar-refractivity contribution in [2.45, 2.75) is 11.8 Å². The Hall–Kier alpha value is -2.75. The molecule has 1 N–H and O–H groups in total. The fraction of sp³-hybridized carbons (Fsp3) is 0.353. The van der Waals surface area contributed by atoms with Gasteiger partial charge in [0.2, 0.25) is 0 Å².